The molecule has 0 bridgehead atoms. The fraction of sp³-hybridized carbons (Fsp3) is 0.562. The number of hydrogen-bond donors (Lipinski definition) is 2. The number of halogens is 1. The Balaban J connectivity index is 0.00000242. The third-order valence-electron chi connectivity index (χ3n) is 4.29. The summed E-state index contributed by atoms with van der Waals surface area (Å²) >= 11 is 0. The minimum absolute atomic E-state index is 0. The standard InChI is InChI=1S/C16H24N2O3.ClH/c1-12(20-2)13-4-3-5-14(10-13)18-15(19)16(11-17)6-8-21-9-7-16;/h3-5,10,12H,6-9,11,17H2,1-2H3,(H,18,19);1H. The number of carbonyl (C=O) groups is 1. The summed E-state index contributed by atoms with van der Waals surface area (Å²) in [6.45, 7) is 3.49. The van der Waals surface area contributed by atoms with Gasteiger partial charge in [0.25, 0.3) is 0 Å². The third kappa shape index (κ3) is 4.20. The van der Waals surface area contributed by atoms with Crippen LogP contribution in [0.3, 0.4) is 0 Å². The third-order valence-corrected chi connectivity index (χ3v) is 4.29. The van der Waals surface area contributed by atoms with E-state index < -0.39 is 5.41 Å². The second-order valence-electron chi connectivity index (χ2n) is 5.55. The molecule has 3 N–H and O–H groups in total. The number of methoxy groups -OCH3 is 1. The van der Waals surface area contributed by atoms with Crippen molar-refractivity contribution in [3.05, 3.63) is 29.8 Å². The lowest BCUT2D eigenvalue weighted by molar-refractivity contribution is -0.130. The van der Waals surface area contributed by atoms with Crippen LogP contribution in [0.2, 0.25) is 0 Å². The first kappa shape index (κ1) is 18.9. The van der Waals surface area contributed by atoms with Gasteiger partial charge in [-0.2, -0.15) is 0 Å². The normalized spacial score (nSPS) is 18.1. The zero-order chi connectivity index (χ0) is 15.3. The van der Waals surface area contributed by atoms with Gasteiger partial charge in [-0.15, -0.1) is 12.4 Å². The highest BCUT2D eigenvalue weighted by atomic mass is 35.5. The van der Waals surface area contributed by atoms with Crippen LogP contribution in [0, 0.1) is 5.41 Å². The molecular weight excluding hydrogens is 304 g/mol. The number of anilines is 1. The van der Waals surface area contributed by atoms with Crippen molar-refractivity contribution < 1.29 is 14.3 Å². The predicted octanol–water partition coefficient (Wildman–Crippen LogP) is 2.51. The van der Waals surface area contributed by atoms with Gasteiger partial charge in [0.1, 0.15) is 0 Å². The molecule has 0 aliphatic carbocycles. The van der Waals surface area contributed by atoms with Crippen LogP contribution in [0.5, 0.6) is 0 Å². The zero-order valence-electron chi connectivity index (χ0n) is 13.1. The summed E-state index contributed by atoms with van der Waals surface area (Å²) in [6, 6.07) is 7.72. The number of ether oxygens (including phenoxy) is 2. The van der Waals surface area contributed by atoms with Gasteiger partial charge >= 0.3 is 0 Å². The maximum Gasteiger partial charge on any atom is 0.232 e. The molecule has 124 valence electrons. The van der Waals surface area contributed by atoms with Crippen LogP contribution in [-0.2, 0) is 14.3 Å². The largest absolute Gasteiger partial charge is 0.381 e. The van der Waals surface area contributed by atoms with E-state index in [1.165, 1.54) is 0 Å². The van der Waals surface area contributed by atoms with Crippen molar-refractivity contribution in [3.63, 3.8) is 0 Å². The number of nitrogens with two attached hydrogens (primary N) is 1. The van der Waals surface area contributed by atoms with Gasteiger partial charge in [-0.05, 0) is 37.5 Å². The van der Waals surface area contributed by atoms with E-state index in [1.807, 2.05) is 31.2 Å². The second kappa shape index (κ2) is 8.48. The molecule has 1 aromatic rings. The number of rotatable bonds is 5. The zero-order valence-corrected chi connectivity index (χ0v) is 13.9. The Morgan fingerprint density at radius 1 is 1.45 bits per heavy atom. The highest BCUT2D eigenvalue weighted by molar-refractivity contribution is 5.95. The van der Waals surface area contributed by atoms with Gasteiger partial charge in [-0.3, -0.25) is 4.79 Å². The van der Waals surface area contributed by atoms with Crippen molar-refractivity contribution in [2.45, 2.75) is 25.9 Å². The Hall–Kier alpha value is -1.14. The quantitative estimate of drug-likeness (QED) is 0.871. The summed E-state index contributed by atoms with van der Waals surface area (Å²) in [7, 11) is 1.67. The lowest BCUT2D eigenvalue weighted by Gasteiger charge is -2.34. The van der Waals surface area contributed by atoms with E-state index in [0.717, 1.165) is 11.3 Å². The summed E-state index contributed by atoms with van der Waals surface area (Å²) in [4.78, 5) is 12.6. The average molecular weight is 329 g/mol. The fourth-order valence-electron chi connectivity index (χ4n) is 2.56. The molecule has 1 saturated heterocycles. The number of benzene rings is 1. The predicted molar refractivity (Wildman–Crippen MR) is 89.3 cm³/mol. The van der Waals surface area contributed by atoms with E-state index in [-0.39, 0.29) is 24.4 Å². The van der Waals surface area contributed by atoms with Crippen molar-refractivity contribution in [2.24, 2.45) is 11.1 Å². The first-order chi connectivity index (χ1) is 10.1. The van der Waals surface area contributed by atoms with Gasteiger partial charge in [0.2, 0.25) is 5.91 Å². The lowest BCUT2D eigenvalue weighted by Crippen LogP contribution is -2.46. The van der Waals surface area contributed by atoms with E-state index in [4.69, 9.17) is 15.2 Å². The number of nitrogens with one attached hydrogen (secondary N) is 1. The van der Waals surface area contributed by atoms with Crippen molar-refractivity contribution in [3.8, 4) is 0 Å². The topological polar surface area (TPSA) is 73.6 Å². The maximum absolute atomic E-state index is 12.6. The molecule has 0 radical (unpaired) electrons. The summed E-state index contributed by atoms with van der Waals surface area (Å²) in [6.07, 6.45) is 1.33. The van der Waals surface area contributed by atoms with Gasteiger partial charge < -0.3 is 20.5 Å². The van der Waals surface area contributed by atoms with Crippen LogP contribution < -0.4 is 11.1 Å². The van der Waals surface area contributed by atoms with Crippen molar-refractivity contribution in [1.82, 2.24) is 0 Å². The Labute approximate surface area is 138 Å². The highest BCUT2D eigenvalue weighted by Gasteiger charge is 2.38. The smallest absolute Gasteiger partial charge is 0.232 e. The lowest BCUT2D eigenvalue weighted by atomic mass is 9.79. The molecule has 6 heteroatoms. The molecule has 1 heterocycles. The Kier molecular flexibility index (Phi) is 7.29. The SMILES string of the molecule is COC(C)c1cccc(NC(=O)C2(CN)CCOCC2)c1.Cl. The van der Waals surface area contributed by atoms with Gasteiger partial charge in [0.15, 0.2) is 0 Å². The molecule has 1 aromatic carbocycles. The Morgan fingerprint density at radius 2 is 2.14 bits per heavy atom. The van der Waals surface area contributed by atoms with E-state index in [0.29, 0.717) is 32.6 Å². The van der Waals surface area contributed by atoms with Gasteiger partial charge in [-0.25, -0.2) is 0 Å². The van der Waals surface area contributed by atoms with Crippen LogP contribution in [-0.4, -0.2) is 32.8 Å². The molecular formula is C16H25ClN2O3. The van der Waals surface area contributed by atoms with Crippen LogP contribution >= 0.6 is 12.4 Å². The van der Waals surface area contributed by atoms with E-state index in [1.54, 1.807) is 7.11 Å². The van der Waals surface area contributed by atoms with Crippen LogP contribution in [0.15, 0.2) is 24.3 Å². The fourth-order valence-corrected chi connectivity index (χ4v) is 2.56. The highest BCUT2D eigenvalue weighted by Crippen LogP contribution is 2.31. The molecule has 1 aliphatic rings. The van der Waals surface area contributed by atoms with Gasteiger partial charge in [0, 0.05) is 32.6 Å². The maximum atomic E-state index is 12.6. The minimum Gasteiger partial charge on any atom is -0.381 e. The molecule has 1 atom stereocenters. The van der Waals surface area contributed by atoms with Crippen molar-refractivity contribution >= 4 is 24.0 Å². The summed E-state index contributed by atoms with van der Waals surface area (Å²) < 4.78 is 10.6. The molecule has 0 saturated carbocycles. The molecule has 1 unspecified atom stereocenters. The molecule has 2 rings (SSSR count). The summed E-state index contributed by atoms with van der Waals surface area (Å²) in [5.74, 6) is -0.0180. The Bertz CT molecular complexity index is 490. The molecule has 5 nitrogen and oxygen atoms in total. The van der Waals surface area contributed by atoms with Crippen LogP contribution in [0.25, 0.3) is 0 Å². The number of carbonyl (C=O) groups excluding carboxylic acids is 1. The molecule has 1 fully saturated rings. The van der Waals surface area contributed by atoms with Gasteiger partial charge in [0.05, 0.1) is 11.5 Å². The van der Waals surface area contributed by atoms with Crippen LogP contribution in [0.4, 0.5) is 5.69 Å². The van der Waals surface area contributed by atoms with E-state index >= 15 is 0 Å². The molecule has 1 amide bonds. The summed E-state index contributed by atoms with van der Waals surface area (Å²) in [5, 5.41) is 2.99. The van der Waals surface area contributed by atoms with Crippen molar-refractivity contribution in [2.75, 3.05) is 32.2 Å². The van der Waals surface area contributed by atoms with E-state index in [9.17, 15) is 4.79 Å². The molecule has 22 heavy (non-hydrogen) atoms. The monoisotopic (exact) mass is 328 g/mol. The summed E-state index contributed by atoms with van der Waals surface area (Å²) in [5.41, 5.74) is 7.15. The Morgan fingerprint density at radius 3 is 2.73 bits per heavy atom. The molecule has 0 aromatic heterocycles. The van der Waals surface area contributed by atoms with E-state index in [2.05, 4.69) is 5.32 Å². The van der Waals surface area contributed by atoms with Gasteiger partial charge in [-0.1, -0.05) is 12.1 Å². The first-order valence-electron chi connectivity index (χ1n) is 7.33. The minimum atomic E-state index is -0.513. The number of hydrogen-bond acceptors (Lipinski definition) is 4. The average Bonchev–Trinajstić information content (AvgIpc) is 2.54. The molecule has 1 aliphatic heterocycles. The van der Waals surface area contributed by atoms with Crippen LogP contribution in [0.1, 0.15) is 31.4 Å². The number of amides is 1. The second-order valence-corrected chi connectivity index (χ2v) is 5.55. The molecule has 0 spiro atoms. The first-order valence-corrected chi connectivity index (χ1v) is 7.33. The van der Waals surface area contributed by atoms with Crippen molar-refractivity contribution in [1.29, 1.82) is 0 Å².